The van der Waals surface area contributed by atoms with Gasteiger partial charge in [-0.3, -0.25) is 4.98 Å². The molecule has 1 aliphatic rings. The zero-order valence-corrected chi connectivity index (χ0v) is 13.0. The number of carbonyl (C=O) groups is 1. The van der Waals surface area contributed by atoms with Gasteiger partial charge in [-0.05, 0) is 48.4 Å². The van der Waals surface area contributed by atoms with E-state index in [0.717, 1.165) is 53.7 Å². The van der Waals surface area contributed by atoms with Gasteiger partial charge in [0.05, 0.1) is 5.52 Å². The zero-order chi connectivity index (χ0) is 15.7. The molecule has 1 aliphatic heterocycles. The number of aryl methyl sites for hydroxylation is 1. The topological polar surface area (TPSA) is 53.4 Å². The van der Waals surface area contributed by atoms with Gasteiger partial charge in [-0.15, -0.1) is 0 Å². The molecule has 0 atom stereocenters. The summed E-state index contributed by atoms with van der Waals surface area (Å²) in [5.74, 6) is -0.922. The molecule has 1 N–H and O–H groups in total. The van der Waals surface area contributed by atoms with Crippen molar-refractivity contribution < 1.29 is 9.90 Å². The summed E-state index contributed by atoms with van der Waals surface area (Å²) in [6.45, 7) is 3.92. The molecule has 0 bridgehead atoms. The first-order valence-corrected chi connectivity index (χ1v) is 7.62. The highest BCUT2D eigenvalue weighted by Crippen LogP contribution is 2.29. The molecule has 0 fully saturated rings. The van der Waals surface area contributed by atoms with E-state index in [1.165, 1.54) is 11.6 Å². The van der Waals surface area contributed by atoms with Crippen LogP contribution in [0.2, 0.25) is 0 Å². The van der Waals surface area contributed by atoms with Crippen molar-refractivity contribution in [3.8, 4) is 0 Å². The fourth-order valence-corrected chi connectivity index (χ4v) is 3.02. The summed E-state index contributed by atoms with van der Waals surface area (Å²) in [6, 6.07) is 6.28. The Labute approximate surface area is 130 Å². The quantitative estimate of drug-likeness (QED) is 0.885. The maximum absolute atomic E-state index is 11.0. The molecule has 4 nitrogen and oxygen atoms in total. The summed E-state index contributed by atoms with van der Waals surface area (Å²) in [5, 5.41) is 10.0. The number of pyridine rings is 1. The van der Waals surface area contributed by atoms with Crippen molar-refractivity contribution in [2.24, 2.45) is 0 Å². The number of likely N-dealkylation sites (N-methyl/N-ethyl adjacent to an activating group) is 1. The van der Waals surface area contributed by atoms with Crippen molar-refractivity contribution in [2.75, 3.05) is 13.6 Å². The van der Waals surface area contributed by atoms with Crippen LogP contribution in [0.15, 0.2) is 24.3 Å². The lowest BCUT2D eigenvalue weighted by Gasteiger charge is -2.26. The molecule has 0 spiro atoms. The van der Waals surface area contributed by atoms with E-state index in [2.05, 4.69) is 31.0 Å². The fraction of sp³-hybridized carbons (Fsp3) is 0.333. The third kappa shape index (κ3) is 2.74. The number of aliphatic carboxylic acids is 1. The molecule has 4 heteroatoms. The van der Waals surface area contributed by atoms with Crippen LogP contribution in [0.25, 0.3) is 17.0 Å². The molecule has 0 radical (unpaired) electrons. The predicted octanol–water partition coefficient (Wildman–Crippen LogP) is 2.88. The first kappa shape index (κ1) is 14.7. The Kier molecular flexibility index (Phi) is 3.94. The smallest absolute Gasteiger partial charge is 0.328 e. The summed E-state index contributed by atoms with van der Waals surface area (Å²) >= 11 is 0. The van der Waals surface area contributed by atoms with Crippen LogP contribution in [0.4, 0.5) is 0 Å². The summed E-state index contributed by atoms with van der Waals surface area (Å²) in [5.41, 5.74) is 5.45. The van der Waals surface area contributed by atoms with Crippen molar-refractivity contribution in [2.45, 2.75) is 26.3 Å². The van der Waals surface area contributed by atoms with Crippen LogP contribution in [0.3, 0.4) is 0 Å². The lowest BCUT2D eigenvalue weighted by molar-refractivity contribution is -0.131. The second-order valence-corrected chi connectivity index (χ2v) is 5.82. The molecule has 114 valence electrons. The largest absolute Gasteiger partial charge is 0.478 e. The monoisotopic (exact) mass is 296 g/mol. The second-order valence-electron chi connectivity index (χ2n) is 5.82. The average Bonchev–Trinajstić information content (AvgIpc) is 2.51. The van der Waals surface area contributed by atoms with E-state index in [9.17, 15) is 4.79 Å². The Morgan fingerprint density at radius 1 is 1.45 bits per heavy atom. The molecule has 0 aliphatic carbocycles. The molecule has 0 saturated carbocycles. The van der Waals surface area contributed by atoms with Gasteiger partial charge in [-0.2, -0.15) is 0 Å². The molecular formula is C18H20N2O2. The van der Waals surface area contributed by atoms with E-state index in [4.69, 9.17) is 10.1 Å². The van der Waals surface area contributed by atoms with Gasteiger partial charge in [-0.25, -0.2) is 4.79 Å². The zero-order valence-electron chi connectivity index (χ0n) is 13.0. The van der Waals surface area contributed by atoms with Gasteiger partial charge < -0.3 is 10.0 Å². The van der Waals surface area contributed by atoms with E-state index < -0.39 is 5.97 Å². The first-order chi connectivity index (χ1) is 10.6. The molecule has 1 aromatic heterocycles. The molecule has 3 rings (SSSR count). The number of nitrogens with zero attached hydrogens (tertiary/aromatic N) is 2. The summed E-state index contributed by atoms with van der Waals surface area (Å²) in [4.78, 5) is 18.0. The predicted molar refractivity (Wildman–Crippen MR) is 87.8 cm³/mol. The number of rotatable bonds is 3. The third-order valence-electron chi connectivity index (χ3n) is 4.24. The molecule has 2 heterocycles. The number of carboxylic acid groups (broad SMARTS) is 1. The van der Waals surface area contributed by atoms with Crippen molar-refractivity contribution in [3.63, 3.8) is 0 Å². The number of fused-ring (bicyclic) bond motifs is 2. The third-order valence-corrected chi connectivity index (χ3v) is 4.24. The van der Waals surface area contributed by atoms with Gasteiger partial charge in [-0.1, -0.05) is 13.0 Å². The highest BCUT2D eigenvalue weighted by atomic mass is 16.4. The fourth-order valence-electron chi connectivity index (χ4n) is 3.02. The van der Waals surface area contributed by atoms with Crippen LogP contribution in [-0.2, 0) is 24.2 Å². The van der Waals surface area contributed by atoms with Gasteiger partial charge in [0.15, 0.2) is 0 Å². The van der Waals surface area contributed by atoms with Crippen molar-refractivity contribution in [1.82, 2.24) is 9.88 Å². The second kappa shape index (κ2) is 5.89. The standard InChI is InChI=1S/C18H20N2O2/c1-3-12-4-6-16-14(10-12)13(5-7-18(21)22)15-11-20(2)9-8-17(15)19-16/h4-7,10H,3,8-9,11H2,1-2H3,(H,21,22)/b7-5+. The van der Waals surface area contributed by atoms with Crippen molar-refractivity contribution in [3.05, 3.63) is 46.7 Å². The van der Waals surface area contributed by atoms with Gasteiger partial charge >= 0.3 is 5.97 Å². The minimum absolute atomic E-state index is 0.813. The maximum atomic E-state index is 11.0. The molecule has 2 aromatic rings. The van der Waals surface area contributed by atoms with Gasteiger partial charge in [0, 0.05) is 36.7 Å². The Balaban J connectivity index is 2.27. The lowest BCUT2D eigenvalue weighted by atomic mass is 9.94. The summed E-state index contributed by atoms with van der Waals surface area (Å²) in [7, 11) is 2.08. The number of carboxylic acids is 1. The normalized spacial score (nSPS) is 15.4. The SMILES string of the molecule is CCc1ccc2nc3c(c(/C=C/C(=O)O)c2c1)CN(C)CC3. The van der Waals surface area contributed by atoms with Crippen LogP contribution < -0.4 is 0 Å². The number of benzene rings is 1. The van der Waals surface area contributed by atoms with Crippen LogP contribution in [-0.4, -0.2) is 34.6 Å². The number of aromatic nitrogens is 1. The van der Waals surface area contributed by atoms with E-state index in [1.54, 1.807) is 6.08 Å². The van der Waals surface area contributed by atoms with Crippen LogP contribution in [0.1, 0.15) is 29.3 Å². The molecule has 22 heavy (non-hydrogen) atoms. The van der Waals surface area contributed by atoms with Gasteiger partial charge in [0.2, 0.25) is 0 Å². The molecule has 0 saturated heterocycles. The van der Waals surface area contributed by atoms with E-state index in [1.807, 2.05) is 6.07 Å². The average molecular weight is 296 g/mol. The van der Waals surface area contributed by atoms with Gasteiger partial charge in [0.25, 0.3) is 0 Å². The minimum atomic E-state index is -0.922. The Hall–Kier alpha value is -2.20. The van der Waals surface area contributed by atoms with Crippen LogP contribution in [0, 0.1) is 0 Å². The molecule has 0 amide bonds. The van der Waals surface area contributed by atoms with Crippen molar-refractivity contribution in [1.29, 1.82) is 0 Å². The van der Waals surface area contributed by atoms with Crippen LogP contribution in [0.5, 0.6) is 0 Å². The Bertz CT molecular complexity index is 765. The molecule has 1 aromatic carbocycles. The van der Waals surface area contributed by atoms with E-state index in [-0.39, 0.29) is 0 Å². The van der Waals surface area contributed by atoms with E-state index in [0.29, 0.717) is 0 Å². The molecular weight excluding hydrogens is 276 g/mol. The first-order valence-electron chi connectivity index (χ1n) is 7.62. The van der Waals surface area contributed by atoms with Crippen molar-refractivity contribution >= 4 is 22.9 Å². The molecule has 0 unspecified atom stereocenters. The van der Waals surface area contributed by atoms with Crippen LogP contribution >= 0.6 is 0 Å². The highest BCUT2D eigenvalue weighted by molar-refractivity contribution is 5.94. The Morgan fingerprint density at radius 3 is 3.00 bits per heavy atom. The minimum Gasteiger partial charge on any atom is -0.478 e. The van der Waals surface area contributed by atoms with E-state index >= 15 is 0 Å². The number of hydrogen-bond acceptors (Lipinski definition) is 3. The summed E-state index contributed by atoms with van der Waals surface area (Å²) in [6.07, 6.45) is 4.81. The summed E-state index contributed by atoms with van der Waals surface area (Å²) < 4.78 is 0. The maximum Gasteiger partial charge on any atom is 0.328 e. The number of hydrogen-bond donors (Lipinski definition) is 1. The highest BCUT2D eigenvalue weighted by Gasteiger charge is 2.19. The Morgan fingerprint density at radius 2 is 2.27 bits per heavy atom. The lowest BCUT2D eigenvalue weighted by Crippen LogP contribution is -2.28. The van der Waals surface area contributed by atoms with Gasteiger partial charge in [0.1, 0.15) is 0 Å².